The zero-order valence-corrected chi connectivity index (χ0v) is 10.9. The minimum Gasteiger partial charge on any atom is -0.394 e. The molecule has 0 spiro atoms. The van der Waals surface area contributed by atoms with E-state index in [1.807, 2.05) is 0 Å². The van der Waals surface area contributed by atoms with Crippen molar-refractivity contribution in [3.8, 4) is 0 Å². The van der Waals surface area contributed by atoms with Gasteiger partial charge in [0.1, 0.15) is 11.6 Å². The molecule has 17 heavy (non-hydrogen) atoms. The highest BCUT2D eigenvalue weighted by atomic mass is 35.5. The number of hydrogen-bond donors (Lipinski definition) is 3. The van der Waals surface area contributed by atoms with Gasteiger partial charge in [0.25, 0.3) is 0 Å². The molecular formula is C11H15Cl2N3O. The molecule has 94 valence electrons. The number of pyridine rings is 1. The molecular weight excluding hydrogens is 261 g/mol. The monoisotopic (exact) mass is 275 g/mol. The summed E-state index contributed by atoms with van der Waals surface area (Å²) in [4.78, 5) is 4.12. The first-order valence-electron chi connectivity index (χ1n) is 5.57. The molecule has 1 fully saturated rings. The number of rotatable bonds is 3. The highest BCUT2D eigenvalue weighted by Gasteiger charge is 2.34. The van der Waals surface area contributed by atoms with Crippen LogP contribution in [0.1, 0.15) is 25.7 Å². The largest absolute Gasteiger partial charge is 0.394 e. The van der Waals surface area contributed by atoms with Gasteiger partial charge in [-0.05, 0) is 18.9 Å². The average Bonchev–Trinajstić information content (AvgIpc) is 2.75. The Morgan fingerprint density at radius 2 is 2.00 bits per heavy atom. The van der Waals surface area contributed by atoms with E-state index in [1.54, 1.807) is 6.07 Å². The molecule has 0 atom stereocenters. The zero-order chi connectivity index (χ0) is 12.5. The second kappa shape index (κ2) is 4.88. The maximum Gasteiger partial charge on any atom is 0.147 e. The van der Waals surface area contributed by atoms with Crippen molar-refractivity contribution in [3.05, 3.63) is 16.1 Å². The molecule has 0 saturated heterocycles. The quantitative estimate of drug-likeness (QED) is 0.793. The van der Waals surface area contributed by atoms with Crippen molar-refractivity contribution in [1.29, 1.82) is 0 Å². The molecule has 0 radical (unpaired) electrons. The molecule has 1 aliphatic rings. The summed E-state index contributed by atoms with van der Waals surface area (Å²) in [6.45, 7) is 0.0630. The summed E-state index contributed by atoms with van der Waals surface area (Å²) in [5.41, 5.74) is 5.32. The highest BCUT2D eigenvalue weighted by molar-refractivity contribution is 6.37. The molecule has 6 heteroatoms. The lowest BCUT2D eigenvalue weighted by atomic mass is 9.99. The van der Waals surface area contributed by atoms with Crippen molar-refractivity contribution in [1.82, 2.24) is 4.98 Å². The lowest BCUT2D eigenvalue weighted by Gasteiger charge is -2.29. The maximum absolute atomic E-state index is 9.50. The van der Waals surface area contributed by atoms with Crippen LogP contribution in [0.4, 0.5) is 11.6 Å². The first-order valence-corrected chi connectivity index (χ1v) is 6.32. The SMILES string of the molecule is Nc1nc(NC2(CO)CCCC2)c(Cl)cc1Cl. The molecule has 4 N–H and O–H groups in total. The summed E-state index contributed by atoms with van der Waals surface area (Å²) in [7, 11) is 0. The van der Waals surface area contributed by atoms with Gasteiger partial charge in [0.05, 0.1) is 22.2 Å². The fraction of sp³-hybridized carbons (Fsp3) is 0.545. The van der Waals surface area contributed by atoms with Crippen molar-refractivity contribution in [2.75, 3.05) is 17.7 Å². The van der Waals surface area contributed by atoms with E-state index in [0.717, 1.165) is 25.7 Å². The molecule has 0 unspecified atom stereocenters. The second-order valence-corrected chi connectivity index (χ2v) is 5.27. The first kappa shape index (κ1) is 12.7. The maximum atomic E-state index is 9.50. The predicted molar refractivity (Wildman–Crippen MR) is 70.6 cm³/mol. The molecule has 2 rings (SSSR count). The Bertz CT molecular complexity index is 419. The standard InChI is InChI=1S/C11H15Cl2N3O/c12-7-5-8(13)10(15-9(7)14)16-11(6-17)3-1-2-4-11/h5,17H,1-4,6H2,(H3,14,15,16). The molecule has 4 nitrogen and oxygen atoms in total. The van der Waals surface area contributed by atoms with Crippen LogP contribution in [-0.4, -0.2) is 22.2 Å². The number of aromatic nitrogens is 1. The molecule has 0 aliphatic heterocycles. The molecule has 1 aromatic rings. The first-order chi connectivity index (χ1) is 8.06. The Balaban J connectivity index is 2.26. The van der Waals surface area contributed by atoms with E-state index >= 15 is 0 Å². The van der Waals surface area contributed by atoms with Crippen LogP contribution in [0.2, 0.25) is 10.0 Å². The third-order valence-electron chi connectivity index (χ3n) is 3.20. The summed E-state index contributed by atoms with van der Waals surface area (Å²) >= 11 is 11.9. The van der Waals surface area contributed by atoms with Gasteiger partial charge >= 0.3 is 0 Å². The second-order valence-electron chi connectivity index (χ2n) is 4.46. The van der Waals surface area contributed by atoms with Crippen LogP contribution in [0, 0.1) is 0 Å². The van der Waals surface area contributed by atoms with Crippen molar-refractivity contribution >= 4 is 34.8 Å². The molecule has 1 saturated carbocycles. The fourth-order valence-electron chi connectivity index (χ4n) is 2.19. The topological polar surface area (TPSA) is 71.2 Å². The Kier molecular flexibility index (Phi) is 3.66. The van der Waals surface area contributed by atoms with Crippen LogP contribution in [0.25, 0.3) is 0 Å². The molecule has 0 amide bonds. The Morgan fingerprint density at radius 1 is 1.35 bits per heavy atom. The normalized spacial score (nSPS) is 18.3. The van der Waals surface area contributed by atoms with Gasteiger partial charge in [-0.2, -0.15) is 0 Å². The molecule has 1 heterocycles. The smallest absolute Gasteiger partial charge is 0.147 e. The van der Waals surface area contributed by atoms with Crippen LogP contribution >= 0.6 is 23.2 Å². The van der Waals surface area contributed by atoms with Crippen LogP contribution in [0.15, 0.2) is 6.07 Å². The summed E-state index contributed by atoms with van der Waals surface area (Å²) in [5, 5.41) is 13.5. The number of nitrogen functional groups attached to an aromatic ring is 1. The van der Waals surface area contributed by atoms with Crippen LogP contribution in [0.3, 0.4) is 0 Å². The van der Waals surface area contributed by atoms with E-state index in [-0.39, 0.29) is 18.0 Å². The van der Waals surface area contributed by atoms with Crippen molar-refractivity contribution in [3.63, 3.8) is 0 Å². The summed E-state index contributed by atoms with van der Waals surface area (Å²) in [6.07, 6.45) is 4.00. The Labute approximate surface area is 110 Å². The third kappa shape index (κ3) is 2.59. The van der Waals surface area contributed by atoms with Gasteiger partial charge in [-0.1, -0.05) is 36.0 Å². The average molecular weight is 276 g/mol. The van der Waals surface area contributed by atoms with E-state index in [1.165, 1.54) is 0 Å². The lowest BCUT2D eigenvalue weighted by molar-refractivity contribution is 0.214. The van der Waals surface area contributed by atoms with Gasteiger partial charge < -0.3 is 16.2 Å². The van der Waals surface area contributed by atoms with Gasteiger partial charge in [-0.15, -0.1) is 0 Å². The van der Waals surface area contributed by atoms with E-state index in [0.29, 0.717) is 15.9 Å². The summed E-state index contributed by atoms with van der Waals surface area (Å²) < 4.78 is 0. The molecule has 1 aliphatic carbocycles. The van der Waals surface area contributed by atoms with Gasteiger partial charge in [0, 0.05) is 0 Å². The van der Waals surface area contributed by atoms with E-state index in [4.69, 9.17) is 28.9 Å². The fourth-order valence-corrected chi connectivity index (χ4v) is 2.60. The minimum absolute atomic E-state index is 0.0630. The Morgan fingerprint density at radius 3 is 2.59 bits per heavy atom. The zero-order valence-electron chi connectivity index (χ0n) is 9.34. The number of hydrogen-bond acceptors (Lipinski definition) is 4. The van der Waals surface area contributed by atoms with Crippen LogP contribution in [-0.2, 0) is 0 Å². The van der Waals surface area contributed by atoms with Crippen molar-refractivity contribution in [2.45, 2.75) is 31.2 Å². The van der Waals surface area contributed by atoms with Crippen LogP contribution < -0.4 is 11.1 Å². The number of halogens is 2. The number of anilines is 2. The highest BCUT2D eigenvalue weighted by Crippen LogP contribution is 2.35. The van der Waals surface area contributed by atoms with Crippen molar-refractivity contribution < 1.29 is 5.11 Å². The lowest BCUT2D eigenvalue weighted by Crippen LogP contribution is -2.39. The molecule has 1 aromatic heterocycles. The number of aliphatic hydroxyl groups excluding tert-OH is 1. The molecule has 0 bridgehead atoms. The number of nitrogens with two attached hydrogens (primary N) is 1. The predicted octanol–water partition coefficient (Wildman–Crippen LogP) is 2.69. The summed E-state index contributed by atoms with van der Waals surface area (Å²) in [6, 6.07) is 1.56. The van der Waals surface area contributed by atoms with Crippen molar-refractivity contribution in [2.24, 2.45) is 0 Å². The summed E-state index contributed by atoms with van der Waals surface area (Å²) in [5.74, 6) is 0.731. The minimum atomic E-state index is -0.323. The van der Waals surface area contributed by atoms with Gasteiger partial charge in [-0.3, -0.25) is 0 Å². The number of aliphatic hydroxyl groups is 1. The van der Waals surface area contributed by atoms with Gasteiger partial charge in [0.2, 0.25) is 0 Å². The third-order valence-corrected chi connectivity index (χ3v) is 3.79. The van der Waals surface area contributed by atoms with E-state index in [9.17, 15) is 5.11 Å². The van der Waals surface area contributed by atoms with E-state index < -0.39 is 0 Å². The van der Waals surface area contributed by atoms with E-state index in [2.05, 4.69) is 10.3 Å². The van der Waals surface area contributed by atoms with Crippen LogP contribution in [0.5, 0.6) is 0 Å². The van der Waals surface area contributed by atoms with Gasteiger partial charge in [-0.25, -0.2) is 4.98 Å². The number of nitrogens with one attached hydrogen (secondary N) is 1. The number of nitrogens with zero attached hydrogens (tertiary/aromatic N) is 1. The molecule has 0 aromatic carbocycles. The van der Waals surface area contributed by atoms with Gasteiger partial charge in [0.15, 0.2) is 0 Å². The Hall–Kier alpha value is -0.710.